The summed E-state index contributed by atoms with van der Waals surface area (Å²) in [6.07, 6.45) is 2.32. The zero-order chi connectivity index (χ0) is 14.7. The number of aryl methyl sites for hydroxylation is 1. The van der Waals surface area contributed by atoms with E-state index in [4.69, 9.17) is 5.26 Å². The van der Waals surface area contributed by atoms with Crippen LogP contribution < -0.4 is 5.32 Å². The third-order valence-electron chi connectivity index (χ3n) is 3.52. The van der Waals surface area contributed by atoms with Gasteiger partial charge in [-0.15, -0.1) is 0 Å². The number of anilines is 1. The Bertz CT molecular complexity index is 797. The summed E-state index contributed by atoms with van der Waals surface area (Å²) in [5.74, 6) is 0. The zero-order valence-electron chi connectivity index (χ0n) is 11.9. The SMILES string of the molecule is Cc1nc2c(NCc3ccccc3)cccn2c1CC#N. The summed E-state index contributed by atoms with van der Waals surface area (Å²) in [6.45, 7) is 2.70. The van der Waals surface area contributed by atoms with Crippen molar-refractivity contribution in [2.45, 2.75) is 19.9 Å². The number of nitrogens with one attached hydrogen (secondary N) is 1. The Hall–Kier alpha value is -2.80. The Labute approximate surface area is 123 Å². The van der Waals surface area contributed by atoms with E-state index in [-0.39, 0.29) is 0 Å². The first-order valence-electron chi connectivity index (χ1n) is 6.91. The van der Waals surface area contributed by atoms with Gasteiger partial charge in [-0.1, -0.05) is 30.3 Å². The number of rotatable bonds is 4. The highest BCUT2D eigenvalue weighted by molar-refractivity contribution is 5.68. The molecular formula is C17H16N4. The average Bonchev–Trinajstić information content (AvgIpc) is 2.83. The van der Waals surface area contributed by atoms with Crippen LogP contribution in [0.3, 0.4) is 0 Å². The number of hydrogen-bond acceptors (Lipinski definition) is 3. The third kappa shape index (κ3) is 2.59. The van der Waals surface area contributed by atoms with Gasteiger partial charge in [0, 0.05) is 12.7 Å². The standard InChI is InChI=1S/C17H16N4/c1-13-16(9-10-18)21-11-5-8-15(17(21)20-13)19-12-14-6-3-2-4-7-14/h2-8,11,19H,9,12H2,1H3. The van der Waals surface area contributed by atoms with Gasteiger partial charge in [0.15, 0.2) is 5.65 Å². The molecule has 0 aliphatic heterocycles. The summed E-state index contributed by atoms with van der Waals surface area (Å²) < 4.78 is 1.99. The Morgan fingerprint density at radius 2 is 2.00 bits per heavy atom. The van der Waals surface area contributed by atoms with E-state index in [1.165, 1.54) is 5.56 Å². The summed E-state index contributed by atoms with van der Waals surface area (Å²) in [4.78, 5) is 4.59. The van der Waals surface area contributed by atoms with Gasteiger partial charge >= 0.3 is 0 Å². The van der Waals surface area contributed by atoms with Crippen LogP contribution in [-0.2, 0) is 13.0 Å². The Morgan fingerprint density at radius 3 is 2.76 bits per heavy atom. The Kier molecular flexibility index (Phi) is 3.57. The van der Waals surface area contributed by atoms with Crippen molar-refractivity contribution in [3.05, 3.63) is 65.6 Å². The third-order valence-corrected chi connectivity index (χ3v) is 3.52. The van der Waals surface area contributed by atoms with E-state index in [1.54, 1.807) is 0 Å². The minimum absolute atomic E-state index is 0.370. The molecule has 2 heterocycles. The van der Waals surface area contributed by atoms with Crippen molar-refractivity contribution < 1.29 is 0 Å². The predicted molar refractivity (Wildman–Crippen MR) is 83.0 cm³/mol. The van der Waals surface area contributed by atoms with Crippen LogP contribution in [0, 0.1) is 18.3 Å². The first-order valence-corrected chi connectivity index (χ1v) is 6.91. The first kappa shape index (κ1) is 13.2. The van der Waals surface area contributed by atoms with Crippen molar-refractivity contribution in [3.63, 3.8) is 0 Å². The van der Waals surface area contributed by atoms with Gasteiger partial charge in [-0.05, 0) is 24.6 Å². The molecule has 0 radical (unpaired) electrons. The molecule has 4 heteroatoms. The van der Waals surface area contributed by atoms with Crippen LogP contribution in [0.4, 0.5) is 5.69 Å². The fourth-order valence-corrected chi connectivity index (χ4v) is 2.45. The molecule has 0 aliphatic rings. The monoisotopic (exact) mass is 276 g/mol. The van der Waals surface area contributed by atoms with Crippen LogP contribution in [0.15, 0.2) is 48.7 Å². The lowest BCUT2D eigenvalue weighted by Gasteiger charge is -2.08. The van der Waals surface area contributed by atoms with Crippen LogP contribution in [0.25, 0.3) is 5.65 Å². The molecule has 1 N–H and O–H groups in total. The second-order valence-corrected chi connectivity index (χ2v) is 4.93. The Morgan fingerprint density at radius 1 is 1.19 bits per heavy atom. The van der Waals surface area contributed by atoms with Gasteiger partial charge in [0.1, 0.15) is 0 Å². The normalized spacial score (nSPS) is 10.5. The van der Waals surface area contributed by atoms with Crippen molar-refractivity contribution in [2.75, 3.05) is 5.32 Å². The molecule has 0 aliphatic carbocycles. The lowest BCUT2D eigenvalue weighted by Crippen LogP contribution is -2.02. The molecule has 0 saturated heterocycles. The average molecular weight is 276 g/mol. The molecule has 0 amide bonds. The Balaban J connectivity index is 1.93. The summed E-state index contributed by atoms with van der Waals surface area (Å²) in [7, 11) is 0. The molecule has 21 heavy (non-hydrogen) atoms. The van der Waals surface area contributed by atoms with E-state index >= 15 is 0 Å². The van der Waals surface area contributed by atoms with E-state index in [1.807, 2.05) is 47.9 Å². The van der Waals surface area contributed by atoms with Gasteiger partial charge in [0.05, 0.1) is 29.6 Å². The van der Waals surface area contributed by atoms with E-state index in [0.717, 1.165) is 29.3 Å². The molecule has 0 unspecified atom stereocenters. The lowest BCUT2D eigenvalue weighted by atomic mass is 10.2. The molecule has 4 nitrogen and oxygen atoms in total. The van der Waals surface area contributed by atoms with Crippen LogP contribution in [0.2, 0.25) is 0 Å². The molecule has 1 aromatic carbocycles. The van der Waals surface area contributed by atoms with Gasteiger partial charge < -0.3 is 9.72 Å². The van der Waals surface area contributed by atoms with Crippen LogP contribution in [-0.4, -0.2) is 9.38 Å². The fraction of sp³-hybridized carbons (Fsp3) is 0.176. The van der Waals surface area contributed by atoms with E-state index in [2.05, 4.69) is 28.5 Å². The first-order chi connectivity index (χ1) is 10.3. The van der Waals surface area contributed by atoms with Gasteiger partial charge in [0.25, 0.3) is 0 Å². The maximum atomic E-state index is 8.94. The number of imidazole rings is 1. The molecule has 3 rings (SSSR count). The molecule has 0 atom stereocenters. The topological polar surface area (TPSA) is 53.1 Å². The van der Waals surface area contributed by atoms with E-state index in [0.29, 0.717) is 6.42 Å². The molecule has 3 aromatic rings. The van der Waals surface area contributed by atoms with Crippen molar-refractivity contribution in [1.29, 1.82) is 5.26 Å². The number of nitrogens with zero attached hydrogens (tertiary/aromatic N) is 3. The highest BCUT2D eigenvalue weighted by Crippen LogP contribution is 2.20. The molecule has 104 valence electrons. The molecule has 0 fully saturated rings. The second kappa shape index (κ2) is 5.68. The summed E-state index contributed by atoms with van der Waals surface area (Å²) in [5, 5.41) is 12.4. The van der Waals surface area contributed by atoms with E-state index < -0.39 is 0 Å². The van der Waals surface area contributed by atoms with Crippen molar-refractivity contribution in [3.8, 4) is 6.07 Å². The quantitative estimate of drug-likeness (QED) is 0.795. The molecule has 0 spiro atoms. The second-order valence-electron chi connectivity index (χ2n) is 4.93. The van der Waals surface area contributed by atoms with E-state index in [9.17, 15) is 0 Å². The number of fused-ring (bicyclic) bond motifs is 1. The van der Waals surface area contributed by atoms with Crippen LogP contribution >= 0.6 is 0 Å². The minimum atomic E-state index is 0.370. The summed E-state index contributed by atoms with van der Waals surface area (Å²) in [6, 6.07) is 16.4. The minimum Gasteiger partial charge on any atom is -0.378 e. The van der Waals surface area contributed by atoms with Crippen LogP contribution in [0.5, 0.6) is 0 Å². The highest BCUT2D eigenvalue weighted by Gasteiger charge is 2.11. The van der Waals surface area contributed by atoms with Gasteiger partial charge in [-0.25, -0.2) is 4.98 Å². The molecular weight excluding hydrogens is 260 g/mol. The molecule has 0 saturated carbocycles. The fourth-order valence-electron chi connectivity index (χ4n) is 2.45. The van der Waals surface area contributed by atoms with Crippen LogP contribution in [0.1, 0.15) is 17.0 Å². The number of nitriles is 1. The number of benzene rings is 1. The number of hydrogen-bond donors (Lipinski definition) is 1. The maximum Gasteiger partial charge on any atom is 0.160 e. The molecule has 2 aromatic heterocycles. The van der Waals surface area contributed by atoms with Gasteiger partial charge in [-0.2, -0.15) is 5.26 Å². The zero-order valence-corrected chi connectivity index (χ0v) is 11.9. The number of pyridine rings is 1. The predicted octanol–water partition coefficient (Wildman–Crippen LogP) is 3.32. The van der Waals surface area contributed by atoms with Gasteiger partial charge in [0.2, 0.25) is 0 Å². The largest absolute Gasteiger partial charge is 0.378 e. The van der Waals surface area contributed by atoms with Gasteiger partial charge in [-0.3, -0.25) is 0 Å². The molecule has 0 bridgehead atoms. The van der Waals surface area contributed by atoms with Crippen molar-refractivity contribution in [2.24, 2.45) is 0 Å². The smallest absolute Gasteiger partial charge is 0.160 e. The summed E-state index contributed by atoms with van der Waals surface area (Å²) >= 11 is 0. The lowest BCUT2D eigenvalue weighted by molar-refractivity contribution is 1.03. The summed E-state index contributed by atoms with van der Waals surface area (Å²) in [5.41, 5.74) is 4.94. The number of aromatic nitrogens is 2. The highest BCUT2D eigenvalue weighted by atomic mass is 15.1. The van der Waals surface area contributed by atoms with Crippen molar-refractivity contribution in [1.82, 2.24) is 9.38 Å². The van der Waals surface area contributed by atoms with Crippen molar-refractivity contribution >= 4 is 11.3 Å². The maximum absolute atomic E-state index is 8.94.